The Morgan fingerprint density at radius 1 is 0.724 bits per heavy atom. The molecular weight excluding hydrogens is 372 g/mol. The first kappa shape index (κ1) is 19.6. The van der Waals surface area contributed by atoms with Crippen LogP contribution >= 0.6 is 0 Å². The Morgan fingerprint density at radius 3 is 1.55 bits per heavy atom. The largest absolute Gasteiger partial charge is 0.352 e. The first-order chi connectivity index (χ1) is 14.2. The highest BCUT2D eigenvalue weighted by Gasteiger charge is 2.42. The highest BCUT2D eigenvalue weighted by Crippen LogP contribution is 2.30. The molecule has 29 heavy (non-hydrogen) atoms. The van der Waals surface area contributed by atoms with Crippen LogP contribution in [0.1, 0.15) is 12.8 Å². The summed E-state index contributed by atoms with van der Waals surface area (Å²) >= 11 is 0. The number of hydrogen-bond acceptors (Lipinski definition) is 5. The van der Waals surface area contributed by atoms with Gasteiger partial charge in [0.25, 0.3) is 0 Å². The molecule has 2 aliphatic rings. The van der Waals surface area contributed by atoms with Crippen LogP contribution in [-0.2, 0) is 23.8 Å². The van der Waals surface area contributed by atoms with E-state index in [0.717, 1.165) is 11.4 Å². The molecule has 2 heterocycles. The standard InChI is InChI=1S/C22H24N2O5/c25-19(23-15-7-3-1-4-8-15)17-11-13-27-21(17)29-22-18(12-14-28-22)20(26)24-16-9-5-2-6-10-16/h1-10,17-18,21-22H,11-14H2,(H,23,25)(H,24,26). The lowest BCUT2D eigenvalue weighted by atomic mass is 10.0. The van der Waals surface area contributed by atoms with Crippen molar-refractivity contribution in [2.75, 3.05) is 23.8 Å². The number of benzene rings is 2. The fourth-order valence-corrected chi connectivity index (χ4v) is 3.55. The molecule has 7 nitrogen and oxygen atoms in total. The zero-order valence-corrected chi connectivity index (χ0v) is 16.0. The van der Waals surface area contributed by atoms with Gasteiger partial charge in [-0.2, -0.15) is 0 Å². The molecule has 2 amide bonds. The van der Waals surface area contributed by atoms with E-state index in [1.54, 1.807) is 0 Å². The minimum atomic E-state index is -0.742. The van der Waals surface area contributed by atoms with Crippen molar-refractivity contribution in [2.45, 2.75) is 25.4 Å². The van der Waals surface area contributed by atoms with Crippen molar-refractivity contribution < 1.29 is 23.8 Å². The minimum Gasteiger partial charge on any atom is -0.352 e. The Labute approximate surface area is 169 Å². The molecule has 4 atom stereocenters. The topological polar surface area (TPSA) is 85.9 Å². The van der Waals surface area contributed by atoms with Crippen molar-refractivity contribution in [1.29, 1.82) is 0 Å². The average Bonchev–Trinajstić information content (AvgIpc) is 3.39. The molecule has 2 aromatic rings. The van der Waals surface area contributed by atoms with Gasteiger partial charge in [0.1, 0.15) is 0 Å². The predicted octanol–water partition coefficient (Wildman–Crippen LogP) is 3.01. The van der Waals surface area contributed by atoms with E-state index in [-0.39, 0.29) is 11.8 Å². The van der Waals surface area contributed by atoms with Crippen LogP contribution in [0.5, 0.6) is 0 Å². The molecule has 2 aromatic carbocycles. The number of hydrogen-bond donors (Lipinski definition) is 2. The third kappa shape index (κ3) is 4.82. The van der Waals surface area contributed by atoms with E-state index in [0.29, 0.717) is 26.1 Å². The Balaban J connectivity index is 1.36. The van der Waals surface area contributed by atoms with E-state index in [4.69, 9.17) is 14.2 Å². The molecule has 4 unspecified atom stereocenters. The molecule has 0 radical (unpaired) electrons. The summed E-state index contributed by atoms with van der Waals surface area (Å²) in [5, 5.41) is 5.77. The molecule has 2 fully saturated rings. The lowest BCUT2D eigenvalue weighted by molar-refractivity contribution is -0.234. The maximum Gasteiger partial charge on any atom is 0.232 e. The van der Waals surface area contributed by atoms with Crippen LogP contribution in [0.15, 0.2) is 60.7 Å². The molecule has 0 saturated carbocycles. The van der Waals surface area contributed by atoms with Crippen molar-refractivity contribution in [2.24, 2.45) is 11.8 Å². The highest BCUT2D eigenvalue weighted by molar-refractivity contribution is 5.93. The first-order valence-electron chi connectivity index (χ1n) is 9.81. The lowest BCUT2D eigenvalue weighted by Crippen LogP contribution is -2.38. The summed E-state index contributed by atoms with van der Waals surface area (Å²) in [5.41, 5.74) is 1.45. The third-order valence-electron chi connectivity index (χ3n) is 5.10. The van der Waals surface area contributed by atoms with E-state index in [9.17, 15) is 9.59 Å². The van der Waals surface area contributed by atoms with Crippen molar-refractivity contribution in [3.8, 4) is 0 Å². The van der Waals surface area contributed by atoms with Gasteiger partial charge in [0.05, 0.1) is 25.0 Å². The summed E-state index contributed by atoms with van der Waals surface area (Å²) in [6.07, 6.45) is -0.379. The van der Waals surface area contributed by atoms with Gasteiger partial charge in [-0.05, 0) is 37.1 Å². The van der Waals surface area contributed by atoms with Crippen molar-refractivity contribution >= 4 is 23.2 Å². The van der Waals surface area contributed by atoms with Crippen molar-refractivity contribution in [1.82, 2.24) is 0 Å². The van der Waals surface area contributed by atoms with Gasteiger partial charge in [-0.1, -0.05) is 36.4 Å². The summed E-state index contributed by atoms with van der Waals surface area (Å²) in [6.45, 7) is 0.844. The van der Waals surface area contributed by atoms with Crippen LogP contribution in [0.4, 0.5) is 11.4 Å². The predicted molar refractivity (Wildman–Crippen MR) is 107 cm³/mol. The van der Waals surface area contributed by atoms with E-state index in [2.05, 4.69) is 10.6 Å². The number of carbonyl (C=O) groups is 2. The summed E-state index contributed by atoms with van der Waals surface area (Å²) in [4.78, 5) is 25.3. The van der Waals surface area contributed by atoms with Crippen LogP contribution in [0.2, 0.25) is 0 Å². The average molecular weight is 396 g/mol. The van der Waals surface area contributed by atoms with E-state index in [1.165, 1.54) is 0 Å². The molecule has 2 aliphatic heterocycles. The number of amides is 2. The van der Waals surface area contributed by atoms with Gasteiger partial charge in [0.15, 0.2) is 12.6 Å². The second kappa shape index (κ2) is 9.17. The Kier molecular flexibility index (Phi) is 6.19. The summed E-state index contributed by atoms with van der Waals surface area (Å²) in [7, 11) is 0. The first-order valence-corrected chi connectivity index (χ1v) is 9.81. The minimum absolute atomic E-state index is 0.165. The van der Waals surface area contributed by atoms with Gasteiger partial charge in [0, 0.05) is 11.4 Å². The van der Waals surface area contributed by atoms with Crippen LogP contribution < -0.4 is 10.6 Å². The van der Waals surface area contributed by atoms with Crippen LogP contribution in [0.3, 0.4) is 0 Å². The molecule has 152 valence electrons. The second-order valence-corrected chi connectivity index (χ2v) is 7.12. The second-order valence-electron chi connectivity index (χ2n) is 7.12. The highest BCUT2D eigenvalue weighted by atomic mass is 16.8. The molecule has 2 N–H and O–H groups in total. The van der Waals surface area contributed by atoms with E-state index >= 15 is 0 Å². The molecule has 0 aliphatic carbocycles. The zero-order chi connectivity index (χ0) is 20.1. The van der Waals surface area contributed by atoms with Crippen LogP contribution in [-0.4, -0.2) is 37.6 Å². The van der Waals surface area contributed by atoms with Crippen LogP contribution in [0.25, 0.3) is 0 Å². The Bertz CT molecular complexity index is 760. The maximum absolute atomic E-state index is 12.7. The summed E-state index contributed by atoms with van der Waals surface area (Å²) < 4.78 is 17.2. The van der Waals surface area contributed by atoms with Gasteiger partial charge >= 0.3 is 0 Å². The lowest BCUT2D eigenvalue weighted by Gasteiger charge is -2.25. The van der Waals surface area contributed by atoms with Gasteiger partial charge in [-0.25, -0.2) is 0 Å². The number of nitrogens with one attached hydrogen (secondary N) is 2. The number of carbonyl (C=O) groups excluding carboxylic acids is 2. The molecule has 0 bridgehead atoms. The smallest absolute Gasteiger partial charge is 0.232 e. The fraction of sp³-hybridized carbons (Fsp3) is 0.364. The molecule has 0 spiro atoms. The Hall–Kier alpha value is -2.74. The molecule has 7 heteroatoms. The van der Waals surface area contributed by atoms with Gasteiger partial charge in [-0.3, -0.25) is 9.59 Å². The summed E-state index contributed by atoms with van der Waals surface area (Å²) in [5.74, 6) is -1.25. The molecule has 4 rings (SSSR count). The third-order valence-corrected chi connectivity index (χ3v) is 5.10. The van der Waals surface area contributed by atoms with Gasteiger partial charge in [-0.15, -0.1) is 0 Å². The van der Waals surface area contributed by atoms with Crippen LogP contribution in [0, 0.1) is 11.8 Å². The van der Waals surface area contributed by atoms with Crippen molar-refractivity contribution in [3.63, 3.8) is 0 Å². The van der Waals surface area contributed by atoms with Crippen molar-refractivity contribution in [3.05, 3.63) is 60.7 Å². The maximum atomic E-state index is 12.7. The fourth-order valence-electron chi connectivity index (χ4n) is 3.55. The monoisotopic (exact) mass is 396 g/mol. The number of ether oxygens (including phenoxy) is 3. The normalized spacial score (nSPS) is 26.2. The number of para-hydroxylation sites is 2. The quantitative estimate of drug-likeness (QED) is 0.784. The zero-order valence-electron chi connectivity index (χ0n) is 16.0. The van der Waals surface area contributed by atoms with E-state index < -0.39 is 24.4 Å². The number of anilines is 2. The van der Waals surface area contributed by atoms with E-state index in [1.807, 2.05) is 60.7 Å². The molecule has 2 saturated heterocycles. The summed E-state index contributed by atoms with van der Waals surface area (Å²) in [6, 6.07) is 18.5. The Morgan fingerprint density at radius 2 is 1.14 bits per heavy atom. The SMILES string of the molecule is O=C(Nc1ccccc1)C1CCOC1OC1OCCC1C(=O)Nc1ccccc1. The van der Waals surface area contributed by atoms with Gasteiger partial charge in [0.2, 0.25) is 11.8 Å². The number of rotatable bonds is 6. The van der Waals surface area contributed by atoms with Gasteiger partial charge < -0.3 is 24.8 Å². The molecular formula is C22H24N2O5. The molecule has 0 aromatic heterocycles.